The van der Waals surface area contributed by atoms with Crippen LogP contribution in [-0.2, 0) is 20.9 Å². The van der Waals surface area contributed by atoms with Gasteiger partial charge in [-0.2, -0.15) is 0 Å². The van der Waals surface area contributed by atoms with Crippen LogP contribution in [0.1, 0.15) is 33.9 Å². The van der Waals surface area contributed by atoms with Gasteiger partial charge in [0.25, 0.3) is 11.7 Å². The van der Waals surface area contributed by atoms with Gasteiger partial charge in [0, 0.05) is 31.7 Å². The molecule has 1 amide bonds. The second kappa shape index (κ2) is 11.8. The van der Waals surface area contributed by atoms with Gasteiger partial charge in [-0.25, -0.2) is 0 Å². The van der Waals surface area contributed by atoms with Crippen LogP contribution in [0.5, 0.6) is 5.75 Å². The Labute approximate surface area is 229 Å². The number of benzene rings is 3. The molecule has 3 aromatic rings. The number of rotatable bonds is 8. The molecule has 202 valence electrons. The van der Waals surface area contributed by atoms with Crippen molar-refractivity contribution < 1.29 is 24.2 Å². The molecule has 5 rings (SSSR count). The molecule has 0 saturated carbocycles. The Balaban J connectivity index is 1.41. The summed E-state index contributed by atoms with van der Waals surface area (Å²) in [6, 6.07) is 22.2. The van der Waals surface area contributed by atoms with Crippen LogP contribution in [0, 0.1) is 13.8 Å². The van der Waals surface area contributed by atoms with Crippen LogP contribution in [0.15, 0.2) is 78.4 Å². The zero-order valence-electron chi connectivity index (χ0n) is 22.4. The highest BCUT2D eigenvalue weighted by Gasteiger charge is 2.46. The summed E-state index contributed by atoms with van der Waals surface area (Å²) >= 11 is 0. The van der Waals surface area contributed by atoms with Crippen molar-refractivity contribution in [1.82, 2.24) is 9.80 Å². The first-order valence-electron chi connectivity index (χ1n) is 13.3. The monoisotopic (exact) mass is 526 g/mol. The first-order chi connectivity index (χ1) is 18.9. The van der Waals surface area contributed by atoms with Gasteiger partial charge < -0.3 is 19.5 Å². The Morgan fingerprint density at radius 2 is 1.64 bits per heavy atom. The minimum atomic E-state index is -0.667. The fourth-order valence-electron chi connectivity index (χ4n) is 5.11. The lowest BCUT2D eigenvalue weighted by molar-refractivity contribution is -0.140. The van der Waals surface area contributed by atoms with Crippen molar-refractivity contribution >= 4 is 17.4 Å². The van der Waals surface area contributed by atoms with E-state index in [0.717, 1.165) is 29.8 Å². The smallest absolute Gasteiger partial charge is 0.295 e. The van der Waals surface area contributed by atoms with E-state index in [1.807, 2.05) is 56.3 Å². The summed E-state index contributed by atoms with van der Waals surface area (Å²) in [4.78, 5) is 30.4. The zero-order valence-corrected chi connectivity index (χ0v) is 22.4. The van der Waals surface area contributed by atoms with Gasteiger partial charge >= 0.3 is 0 Å². The number of Topliss-reactive ketones (excluding diaryl/α,β-unsaturated/α-hetero) is 1. The van der Waals surface area contributed by atoms with Gasteiger partial charge in [-0.1, -0.05) is 59.7 Å². The fourth-order valence-corrected chi connectivity index (χ4v) is 5.11. The highest BCUT2D eigenvalue weighted by atomic mass is 16.5. The molecule has 0 aliphatic carbocycles. The van der Waals surface area contributed by atoms with Crippen molar-refractivity contribution in [3.63, 3.8) is 0 Å². The van der Waals surface area contributed by atoms with Crippen LogP contribution in [-0.4, -0.2) is 66.0 Å². The number of ether oxygens (including phenoxy) is 2. The molecule has 2 saturated heterocycles. The van der Waals surface area contributed by atoms with Crippen molar-refractivity contribution in [2.75, 3.05) is 39.4 Å². The van der Waals surface area contributed by atoms with Crippen LogP contribution in [0.2, 0.25) is 0 Å². The maximum absolute atomic E-state index is 13.3. The Morgan fingerprint density at radius 3 is 2.33 bits per heavy atom. The summed E-state index contributed by atoms with van der Waals surface area (Å²) in [6.45, 7) is 8.36. The van der Waals surface area contributed by atoms with Gasteiger partial charge in [0.1, 0.15) is 18.1 Å². The standard InChI is InChI=1S/C32H34N2O5/c1-22-6-8-25(9-7-22)29-28(31(36)32(37)34(29)15-14-33-16-18-38-19-17-33)30(35)26-10-12-27(13-11-26)39-21-24-5-3-4-23(2)20-24/h3-13,20,29,35H,14-19,21H2,1-2H3/b30-28-. The van der Waals surface area contributed by atoms with E-state index in [-0.39, 0.29) is 11.3 Å². The number of aliphatic hydroxyl groups is 1. The number of amides is 1. The molecule has 0 spiro atoms. The number of ketones is 1. The Morgan fingerprint density at radius 1 is 0.923 bits per heavy atom. The van der Waals surface area contributed by atoms with Gasteiger partial charge in [-0.3, -0.25) is 14.5 Å². The van der Waals surface area contributed by atoms with E-state index in [2.05, 4.69) is 11.0 Å². The Kier molecular flexibility index (Phi) is 8.10. The van der Waals surface area contributed by atoms with E-state index in [1.165, 1.54) is 5.56 Å². The number of aliphatic hydroxyl groups excluding tert-OH is 1. The molecule has 2 heterocycles. The molecule has 2 aliphatic heterocycles. The predicted octanol–water partition coefficient (Wildman–Crippen LogP) is 4.64. The molecule has 0 bridgehead atoms. The van der Waals surface area contributed by atoms with Gasteiger partial charge in [0.05, 0.1) is 24.8 Å². The Hall–Kier alpha value is -3.94. The van der Waals surface area contributed by atoms with E-state index in [9.17, 15) is 14.7 Å². The lowest BCUT2D eigenvalue weighted by Crippen LogP contribution is -2.42. The summed E-state index contributed by atoms with van der Waals surface area (Å²) in [5.74, 6) is -0.791. The maximum Gasteiger partial charge on any atom is 0.295 e. The third-order valence-corrected chi connectivity index (χ3v) is 7.31. The van der Waals surface area contributed by atoms with Crippen molar-refractivity contribution in [2.45, 2.75) is 26.5 Å². The summed E-state index contributed by atoms with van der Waals surface area (Å²) in [7, 11) is 0. The van der Waals surface area contributed by atoms with Gasteiger partial charge in [0.15, 0.2) is 0 Å². The normalized spacial score (nSPS) is 19.4. The van der Waals surface area contributed by atoms with E-state index >= 15 is 0 Å². The van der Waals surface area contributed by atoms with Crippen LogP contribution >= 0.6 is 0 Å². The fraction of sp³-hybridized carbons (Fsp3) is 0.312. The quantitative estimate of drug-likeness (QED) is 0.262. The minimum Gasteiger partial charge on any atom is -0.507 e. The van der Waals surface area contributed by atoms with Crippen LogP contribution in [0.3, 0.4) is 0 Å². The molecule has 7 heteroatoms. The van der Waals surface area contributed by atoms with Crippen LogP contribution in [0.4, 0.5) is 0 Å². The number of morpholine rings is 1. The molecular formula is C32H34N2O5. The highest BCUT2D eigenvalue weighted by Crippen LogP contribution is 2.39. The zero-order chi connectivity index (χ0) is 27.4. The summed E-state index contributed by atoms with van der Waals surface area (Å²) in [5.41, 5.74) is 4.67. The topological polar surface area (TPSA) is 79.3 Å². The van der Waals surface area contributed by atoms with Crippen molar-refractivity contribution in [3.05, 3.63) is 106 Å². The van der Waals surface area contributed by atoms with Gasteiger partial charge in [-0.15, -0.1) is 0 Å². The molecule has 3 aromatic carbocycles. The van der Waals surface area contributed by atoms with Crippen LogP contribution < -0.4 is 4.74 Å². The molecular weight excluding hydrogens is 492 g/mol. The number of carbonyl (C=O) groups excluding carboxylic acids is 2. The van der Waals surface area contributed by atoms with Gasteiger partial charge in [-0.05, 0) is 49.2 Å². The summed E-state index contributed by atoms with van der Waals surface area (Å²) < 4.78 is 11.3. The third-order valence-electron chi connectivity index (χ3n) is 7.31. The maximum atomic E-state index is 13.3. The molecule has 39 heavy (non-hydrogen) atoms. The third kappa shape index (κ3) is 6.05. The average molecular weight is 527 g/mol. The number of hydrogen-bond acceptors (Lipinski definition) is 6. The summed E-state index contributed by atoms with van der Waals surface area (Å²) in [6.07, 6.45) is 0. The molecule has 7 nitrogen and oxygen atoms in total. The van der Waals surface area contributed by atoms with E-state index in [0.29, 0.717) is 44.2 Å². The van der Waals surface area contributed by atoms with E-state index in [4.69, 9.17) is 9.47 Å². The number of aryl methyl sites for hydroxylation is 2. The first kappa shape index (κ1) is 26.7. The summed E-state index contributed by atoms with van der Waals surface area (Å²) in [5, 5.41) is 11.4. The van der Waals surface area contributed by atoms with Crippen molar-refractivity contribution in [3.8, 4) is 5.75 Å². The first-order valence-corrected chi connectivity index (χ1v) is 13.3. The number of nitrogens with zero attached hydrogens (tertiary/aromatic N) is 2. The number of hydrogen-bond donors (Lipinski definition) is 1. The van der Waals surface area contributed by atoms with Crippen LogP contribution in [0.25, 0.3) is 5.76 Å². The molecule has 2 aliphatic rings. The second-order valence-corrected chi connectivity index (χ2v) is 10.2. The molecule has 1 N–H and O–H groups in total. The Bertz CT molecular complexity index is 1360. The lowest BCUT2D eigenvalue weighted by Gasteiger charge is -2.31. The molecule has 1 atom stereocenters. The second-order valence-electron chi connectivity index (χ2n) is 10.2. The number of likely N-dealkylation sites (tertiary alicyclic amines) is 1. The largest absolute Gasteiger partial charge is 0.507 e. The lowest BCUT2D eigenvalue weighted by atomic mass is 9.94. The average Bonchev–Trinajstić information content (AvgIpc) is 3.21. The van der Waals surface area contributed by atoms with Crippen molar-refractivity contribution in [2.24, 2.45) is 0 Å². The number of carbonyl (C=O) groups is 2. The molecule has 2 fully saturated rings. The highest BCUT2D eigenvalue weighted by molar-refractivity contribution is 6.46. The molecule has 1 unspecified atom stereocenters. The molecule has 0 aromatic heterocycles. The minimum absolute atomic E-state index is 0.110. The van der Waals surface area contributed by atoms with E-state index in [1.54, 1.807) is 29.2 Å². The molecule has 0 radical (unpaired) electrons. The van der Waals surface area contributed by atoms with E-state index < -0.39 is 17.7 Å². The SMILES string of the molecule is Cc1ccc(C2/C(=C(/O)c3ccc(OCc4cccc(C)c4)cc3)C(=O)C(=O)N2CCN2CCOCC2)cc1. The van der Waals surface area contributed by atoms with Gasteiger partial charge in [0.2, 0.25) is 0 Å². The predicted molar refractivity (Wildman–Crippen MR) is 149 cm³/mol. The van der Waals surface area contributed by atoms with Crippen molar-refractivity contribution in [1.29, 1.82) is 0 Å².